The smallest absolute Gasteiger partial charge is 0.237 e. The maximum atomic E-state index is 11.7. The van der Waals surface area contributed by atoms with Gasteiger partial charge < -0.3 is 16.0 Å². The van der Waals surface area contributed by atoms with E-state index in [2.05, 4.69) is 37.9 Å². The summed E-state index contributed by atoms with van der Waals surface area (Å²) < 4.78 is 0. The van der Waals surface area contributed by atoms with E-state index in [-0.39, 0.29) is 11.9 Å². The second-order valence-corrected chi connectivity index (χ2v) is 7.48. The van der Waals surface area contributed by atoms with E-state index in [1.54, 1.807) is 0 Å². The zero-order valence-electron chi connectivity index (χ0n) is 14.6. The summed E-state index contributed by atoms with van der Waals surface area (Å²) in [5.41, 5.74) is 5.00. The fourth-order valence-electron chi connectivity index (χ4n) is 2.89. The quantitative estimate of drug-likeness (QED) is 0.576. The molecule has 0 heterocycles. The molecule has 1 amide bonds. The highest BCUT2D eigenvalue weighted by atomic mass is 16.1. The summed E-state index contributed by atoms with van der Waals surface area (Å²) in [7, 11) is 0. The van der Waals surface area contributed by atoms with Crippen LogP contribution in [-0.2, 0) is 4.79 Å². The number of unbranched alkanes of at least 4 members (excludes halogenated alkanes) is 1. The fourth-order valence-corrected chi connectivity index (χ4v) is 2.89. The lowest BCUT2D eigenvalue weighted by Crippen LogP contribution is -2.55. The molecule has 0 radical (unpaired) electrons. The van der Waals surface area contributed by atoms with Crippen LogP contribution in [0.1, 0.15) is 66.7 Å². The Hall–Kier alpha value is -0.610. The highest BCUT2D eigenvalue weighted by Gasteiger charge is 2.31. The molecule has 1 fully saturated rings. The van der Waals surface area contributed by atoms with Gasteiger partial charge >= 0.3 is 0 Å². The predicted octanol–water partition coefficient (Wildman–Crippen LogP) is 2.52. The number of carbonyl (C=O) groups is 1. The van der Waals surface area contributed by atoms with Crippen molar-refractivity contribution in [2.75, 3.05) is 13.1 Å². The number of nitrogens with zero attached hydrogens (tertiary/aromatic N) is 1. The number of hydrogen-bond donors (Lipinski definition) is 2. The summed E-state index contributed by atoms with van der Waals surface area (Å²) in [5.74, 6) is 0.695. The Morgan fingerprint density at radius 2 is 1.90 bits per heavy atom. The van der Waals surface area contributed by atoms with Crippen molar-refractivity contribution in [3.05, 3.63) is 0 Å². The standard InChI is InChI=1S/C17H35N3O/c1-13(2)19-17(5,16(18)21)10-6-7-11-20(14(3)4)12-15-8-9-15/h13-15,19H,6-12H2,1-5H3,(H2,18,21). The van der Waals surface area contributed by atoms with E-state index in [0.717, 1.165) is 31.7 Å². The molecule has 124 valence electrons. The second kappa shape index (κ2) is 8.14. The first-order chi connectivity index (χ1) is 9.74. The molecule has 1 saturated carbocycles. The van der Waals surface area contributed by atoms with Gasteiger partial charge in [0.2, 0.25) is 5.91 Å². The molecule has 0 saturated heterocycles. The van der Waals surface area contributed by atoms with Crippen molar-refractivity contribution in [2.45, 2.75) is 84.3 Å². The van der Waals surface area contributed by atoms with Crippen LogP contribution in [0.4, 0.5) is 0 Å². The number of amides is 1. The fraction of sp³-hybridized carbons (Fsp3) is 0.941. The first-order valence-electron chi connectivity index (χ1n) is 8.56. The molecule has 1 rings (SSSR count). The van der Waals surface area contributed by atoms with Gasteiger partial charge in [0.15, 0.2) is 0 Å². The minimum atomic E-state index is -0.576. The Morgan fingerprint density at radius 1 is 1.29 bits per heavy atom. The van der Waals surface area contributed by atoms with Crippen LogP contribution in [0.15, 0.2) is 0 Å². The molecule has 4 heteroatoms. The molecule has 1 atom stereocenters. The van der Waals surface area contributed by atoms with Crippen LogP contribution in [-0.4, -0.2) is 41.5 Å². The molecule has 0 aromatic rings. The van der Waals surface area contributed by atoms with E-state index >= 15 is 0 Å². The minimum absolute atomic E-state index is 0.241. The molecule has 1 aliphatic carbocycles. The Morgan fingerprint density at radius 3 is 2.33 bits per heavy atom. The van der Waals surface area contributed by atoms with Gasteiger partial charge in [-0.05, 0) is 79.2 Å². The molecule has 3 N–H and O–H groups in total. The van der Waals surface area contributed by atoms with Crippen molar-refractivity contribution in [2.24, 2.45) is 11.7 Å². The minimum Gasteiger partial charge on any atom is -0.368 e. The molecule has 0 aromatic heterocycles. The molecular formula is C17H35N3O. The Kier molecular flexibility index (Phi) is 7.14. The molecule has 0 aromatic carbocycles. The number of rotatable bonds is 11. The summed E-state index contributed by atoms with van der Waals surface area (Å²) >= 11 is 0. The first kappa shape index (κ1) is 18.4. The van der Waals surface area contributed by atoms with Gasteiger partial charge in [-0.2, -0.15) is 0 Å². The molecule has 1 aliphatic rings. The van der Waals surface area contributed by atoms with Gasteiger partial charge in [0, 0.05) is 18.6 Å². The highest BCUT2D eigenvalue weighted by Crippen LogP contribution is 2.30. The first-order valence-corrected chi connectivity index (χ1v) is 8.56. The summed E-state index contributed by atoms with van der Waals surface area (Å²) in [6.45, 7) is 13.0. The van der Waals surface area contributed by atoms with Crippen LogP contribution < -0.4 is 11.1 Å². The van der Waals surface area contributed by atoms with E-state index in [4.69, 9.17) is 5.73 Å². The molecule has 1 unspecified atom stereocenters. The second-order valence-electron chi connectivity index (χ2n) is 7.48. The van der Waals surface area contributed by atoms with Gasteiger partial charge in [0.1, 0.15) is 0 Å². The van der Waals surface area contributed by atoms with Gasteiger partial charge in [-0.15, -0.1) is 0 Å². The number of nitrogens with two attached hydrogens (primary N) is 1. The molecule has 0 aliphatic heterocycles. The highest BCUT2D eigenvalue weighted by molar-refractivity contribution is 5.84. The monoisotopic (exact) mass is 297 g/mol. The lowest BCUT2D eigenvalue weighted by Gasteiger charge is -2.31. The number of hydrogen-bond acceptors (Lipinski definition) is 3. The number of carbonyl (C=O) groups excluding carboxylic acids is 1. The van der Waals surface area contributed by atoms with Crippen molar-refractivity contribution >= 4 is 5.91 Å². The summed E-state index contributed by atoms with van der Waals surface area (Å²) in [4.78, 5) is 14.3. The van der Waals surface area contributed by atoms with Crippen molar-refractivity contribution in [3.63, 3.8) is 0 Å². The van der Waals surface area contributed by atoms with E-state index in [0.29, 0.717) is 6.04 Å². The van der Waals surface area contributed by atoms with Crippen LogP contribution in [0.25, 0.3) is 0 Å². The van der Waals surface area contributed by atoms with Gasteiger partial charge in [-0.3, -0.25) is 4.79 Å². The lowest BCUT2D eigenvalue weighted by atomic mass is 9.93. The van der Waals surface area contributed by atoms with Crippen LogP contribution in [0.5, 0.6) is 0 Å². The Balaban J connectivity index is 2.33. The maximum Gasteiger partial charge on any atom is 0.237 e. The summed E-state index contributed by atoms with van der Waals surface area (Å²) in [6, 6.07) is 0.881. The maximum absolute atomic E-state index is 11.7. The van der Waals surface area contributed by atoms with Crippen molar-refractivity contribution in [1.82, 2.24) is 10.2 Å². The van der Waals surface area contributed by atoms with E-state index in [1.807, 2.05) is 6.92 Å². The Bertz CT molecular complexity index is 326. The normalized spacial score (nSPS) is 18.5. The third kappa shape index (κ3) is 6.79. The zero-order valence-corrected chi connectivity index (χ0v) is 14.6. The van der Waals surface area contributed by atoms with Crippen LogP contribution >= 0.6 is 0 Å². The number of primary amides is 1. The third-order valence-electron chi connectivity index (χ3n) is 4.44. The average Bonchev–Trinajstić information content (AvgIpc) is 3.15. The van der Waals surface area contributed by atoms with Gasteiger partial charge in [-0.1, -0.05) is 0 Å². The Labute approximate surface area is 130 Å². The van der Waals surface area contributed by atoms with Crippen LogP contribution in [0.2, 0.25) is 0 Å². The van der Waals surface area contributed by atoms with Crippen molar-refractivity contribution in [1.29, 1.82) is 0 Å². The van der Waals surface area contributed by atoms with Gasteiger partial charge in [0.25, 0.3) is 0 Å². The van der Waals surface area contributed by atoms with Gasteiger partial charge in [0.05, 0.1) is 5.54 Å². The molecular weight excluding hydrogens is 262 g/mol. The topological polar surface area (TPSA) is 58.4 Å². The van der Waals surface area contributed by atoms with Crippen LogP contribution in [0, 0.1) is 5.92 Å². The lowest BCUT2D eigenvalue weighted by molar-refractivity contribution is -0.124. The van der Waals surface area contributed by atoms with Gasteiger partial charge in [-0.25, -0.2) is 0 Å². The molecule has 21 heavy (non-hydrogen) atoms. The van der Waals surface area contributed by atoms with E-state index in [1.165, 1.54) is 19.4 Å². The number of nitrogens with one attached hydrogen (secondary N) is 1. The average molecular weight is 297 g/mol. The molecule has 0 spiro atoms. The van der Waals surface area contributed by atoms with Crippen molar-refractivity contribution in [3.8, 4) is 0 Å². The third-order valence-corrected chi connectivity index (χ3v) is 4.44. The van der Waals surface area contributed by atoms with E-state index in [9.17, 15) is 4.79 Å². The summed E-state index contributed by atoms with van der Waals surface area (Å²) in [5, 5.41) is 3.32. The SMILES string of the molecule is CC(C)NC(C)(CCCCN(CC1CC1)C(C)C)C(N)=O. The largest absolute Gasteiger partial charge is 0.368 e. The molecule has 0 bridgehead atoms. The molecule has 4 nitrogen and oxygen atoms in total. The predicted molar refractivity (Wildman–Crippen MR) is 89.2 cm³/mol. The van der Waals surface area contributed by atoms with Crippen LogP contribution in [0.3, 0.4) is 0 Å². The summed E-state index contributed by atoms with van der Waals surface area (Å²) in [6.07, 6.45) is 5.79. The van der Waals surface area contributed by atoms with Crippen molar-refractivity contribution < 1.29 is 4.79 Å². The zero-order chi connectivity index (χ0) is 16.0. The van der Waals surface area contributed by atoms with E-state index < -0.39 is 5.54 Å².